The zero-order valence-corrected chi connectivity index (χ0v) is 12.6. The van der Waals surface area contributed by atoms with E-state index >= 15 is 0 Å². The number of ether oxygens (including phenoxy) is 1. The minimum atomic E-state index is -0.458. The highest BCUT2D eigenvalue weighted by atomic mass is 16.5. The van der Waals surface area contributed by atoms with Gasteiger partial charge in [-0.2, -0.15) is 0 Å². The zero-order valence-electron chi connectivity index (χ0n) is 12.6. The van der Waals surface area contributed by atoms with Crippen LogP contribution in [-0.4, -0.2) is 30.4 Å². The van der Waals surface area contributed by atoms with Crippen molar-refractivity contribution >= 4 is 0 Å². The second-order valence-electron chi connectivity index (χ2n) is 6.02. The maximum atomic E-state index is 9.97. The SMILES string of the molecule is Cc1ccc(OCC(O)CN[C@H](C)C2CCCC2)cc1. The molecule has 3 nitrogen and oxygen atoms in total. The number of aliphatic hydroxyl groups excluding tert-OH is 1. The first kappa shape index (κ1) is 15.3. The average Bonchev–Trinajstić information content (AvgIpc) is 2.98. The van der Waals surface area contributed by atoms with E-state index in [4.69, 9.17) is 4.74 Å². The lowest BCUT2D eigenvalue weighted by atomic mass is 10.00. The van der Waals surface area contributed by atoms with Crippen LogP contribution in [-0.2, 0) is 0 Å². The Bertz CT molecular complexity index is 384. The molecule has 2 rings (SSSR count). The molecule has 0 spiro atoms. The standard InChI is InChI=1S/C17H27NO2/c1-13-7-9-17(10-8-13)20-12-16(19)11-18-14(2)15-5-3-4-6-15/h7-10,14-16,18-19H,3-6,11-12H2,1-2H3/t14-,16?/m1/s1. The Kier molecular flexibility index (Phi) is 5.86. The molecule has 2 atom stereocenters. The van der Waals surface area contributed by atoms with Gasteiger partial charge in [-0.05, 0) is 44.7 Å². The first-order valence-electron chi connectivity index (χ1n) is 7.76. The van der Waals surface area contributed by atoms with Gasteiger partial charge in [-0.3, -0.25) is 0 Å². The summed E-state index contributed by atoms with van der Waals surface area (Å²) >= 11 is 0. The molecule has 1 aromatic carbocycles. The van der Waals surface area contributed by atoms with Crippen LogP contribution in [0.4, 0.5) is 0 Å². The molecule has 0 amide bonds. The van der Waals surface area contributed by atoms with Gasteiger partial charge in [0.2, 0.25) is 0 Å². The van der Waals surface area contributed by atoms with E-state index in [0.717, 1.165) is 11.7 Å². The normalized spacial score (nSPS) is 18.9. The van der Waals surface area contributed by atoms with Gasteiger partial charge in [-0.1, -0.05) is 30.5 Å². The van der Waals surface area contributed by atoms with Crippen LogP contribution in [0.3, 0.4) is 0 Å². The van der Waals surface area contributed by atoms with Crippen molar-refractivity contribution in [2.45, 2.75) is 51.7 Å². The number of hydrogen-bond acceptors (Lipinski definition) is 3. The summed E-state index contributed by atoms with van der Waals surface area (Å²) in [6, 6.07) is 8.41. The Hall–Kier alpha value is -1.06. The van der Waals surface area contributed by atoms with Gasteiger partial charge in [0.05, 0.1) is 0 Å². The summed E-state index contributed by atoms with van der Waals surface area (Å²) in [5.74, 6) is 1.60. The van der Waals surface area contributed by atoms with Gasteiger partial charge in [-0.15, -0.1) is 0 Å². The third-order valence-corrected chi connectivity index (χ3v) is 4.25. The number of benzene rings is 1. The molecule has 1 saturated carbocycles. The molecule has 0 aliphatic heterocycles. The van der Waals surface area contributed by atoms with E-state index in [9.17, 15) is 5.11 Å². The van der Waals surface area contributed by atoms with Gasteiger partial charge in [0, 0.05) is 12.6 Å². The molecule has 1 aliphatic carbocycles. The molecule has 0 bridgehead atoms. The molecule has 2 N–H and O–H groups in total. The second-order valence-corrected chi connectivity index (χ2v) is 6.02. The van der Waals surface area contributed by atoms with Crippen molar-refractivity contribution < 1.29 is 9.84 Å². The summed E-state index contributed by atoms with van der Waals surface area (Å²) < 4.78 is 5.59. The first-order valence-corrected chi connectivity index (χ1v) is 7.76. The largest absolute Gasteiger partial charge is 0.491 e. The molecule has 3 heteroatoms. The fourth-order valence-electron chi connectivity index (χ4n) is 2.83. The lowest BCUT2D eigenvalue weighted by molar-refractivity contribution is 0.102. The Labute approximate surface area is 122 Å². The highest BCUT2D eigenvalue weighted by Crippen LogP contribution is 2.27. The van der Waals surface area contributed by atoms with Crippen molar-refractivity contribution in [3.05, 3.63) is 29.8 Å². The zero-order chi connectivity index (χ0) is 14.4. The van der Waals surface area contributed by atoms with Crippen LogP contribution in [0, 0.1) is 12.8 Å². The Balaban J connectivity index is 1.64. The van der Waals surface area contributed by atoms with E-state index in [1.54, 1.807) is 0 Å². The fraction of sp³-hybridized carbons (Fsp3) is 0.647. The predicted octanol–water partition coefficient (Wildman–Crippen LogP) is 2.90. The van der Waals surface area contributed by atoms with Crippen molar-refractivity contribution in [3.8, 4) is 5.75 Å². The molecule has 0 saturated heterocycles. The summed E-state index contributed by atoms with van der Waals surface area (Å²) in [7, 11) is 0. The second kappa shape index (κ2) is 7.65. The van der Waals surface area contributed by atoms with E-state index in [2.05, 4.69) is 12.2 Å². The van der Waals surface area contributed by atoms with Crippen LogP contribution in [0.1, 0.15) is 38.2 Å². The Morgan fingerprint density at radius 3 is 2.55 bits per heavy atom. The van der Waals surface area contributed by atoms with Gasteiger partial charge in [0.25, 0.3) is 0 Å². The smallest absolute Gasteiger partial charge is 0.119 e. The lowest BCUT2D eigenvalue weighted by Crippen LogP contribution is -2.39. The third kappa shape index (κ3) is 4.80. The number of nitrogens with one attached hydrogen (secondary N) is 1. The van der Waals surface area contributed by atoms with Crippen molar-refractivity contribution in [1.29, 1.82) is 0 Å². The van der Waals surface area contributed by atoms with E-state index < -0.39 is 6.10 Å². The summed E-state index contributed by atoms with van der Waals surface area (Å²) in [5, 5.41) is 13.4. The summed E-state index contributed by atoms with van der Waals surface area (Å²) in [5.41, 5.74) is 1.21. The minimum Gasteiger partial charge on any atom is -0.491 e. The van der Waals surface area contributed by atoms with Gasteiger partial charge in [0.1, 0.15) is 18.5 Å². The number of aryl methyl sites for hydroxylation is 1. The summed E-state index contributed by atoms with van der Waals surface area (Å²) in [4.78, 5) is 0. The summed E-state index contributed by atoms with van der Waals surface area (Å²) in [6.07, 6.45) is 4.90. The van der Waals surface area contributed by atoms with Crippen LogP contribution in [0.2, 0.25) is 0 Å². The van der Waals surface area contributed by atoms with Crippen LogP contribution >= 0.6 is 0 Å². The van der Waals surface area contributed by atoms with Gasteiger partial charge in [0.15, 0.2) is 0 Å². The molecule has 1 aromatic rings. The number of rotatable bonds is 7. The molecule has 1 aliphatic rings. The Morgan fingerprint density at radius 2 is 1.90 bits per heavy atom. The molecule has 0 aromatic heterocycles. The van der Waals surface area contributed by atoms with Gasteiger partial charge in [-0.25, -0.2) is 0 Å². The molecular formula is C17H27NO2. The maximum absolute atomic E-state index is 9.97. The topological polar surface area (TPSA) is 41.5 Å². The maximum Gasteiger partial charge on any atom is 0.119 e. The molecular weight excluding hydrogens is 250 g/mol. The van der Waals surface area contributed by atoms with Crippen molar-refractivity contribution in [1.82, 2.24) is 5.32 Å². The van der Waals surface area contributed by atoms with Crippen molar-refractivity contribution in [2.75, 3.05) is 13.2 Å². The van der Waals surface area contributed by atoms with E-state index in [1.807, 2.05) is 31.2 Å². The Morgan fingerprint density at radius 1 is 1.25 bits per heavy atom. The molecule has 0 radical (unpaired) electrons. The predicted molar refractivity (Wildman–Crippen MR) is 82.1 cm³/mol. The van der Waals surface area contributed by atoms with Crippen LogP contribution in [0.15, 0.2) is 24.3 Å². The van der Waals surface area contributed by atoms with Crippen LogP contribution in [0.25, 0.3) is 0 Å². The monoisotopic (exact) mass is 277 g/mol. The van der Waals surface area contributed by atoms with E-state index in [1.165, 1.54) is 31.2 Å². The van der Waals surface area contributed by atoms with Crippen molar-refractivity contribution in [3.63, 3.8) is 0 Å². The molecule has 1 fully saturated rings. The van der Waals surface area contributed by atoms with Crippen LogP contribution < -0.4 is 10.1 Å². The molecule has 20 heavy (non-hydrogen) atoms. The van der Waals surface area contributed by atoms with E-state index in [-0.39, 0.29) is 0 Å². The quantitative estimate of drug-likeness (QED) is 0.805. The lowest BCUT2D eigenvalue weighted by Gasteiger charge is -2.22. The molecule has 0 heterocycles. The van der Waals surface area contributed by atoms with Gasteiger partial charge < -0.3 is 15.2 Å². The molecule has 112 valence electrons. The van der Waals surface area contributed by atoms with Gasteiger partial charge >= 0.3 is 0 Å². The highest BCUT2D eigenvalue weighted by molar-refractivity contribution is 5.26. The van der Waals surface area contributed by atoms with Crippen molar-refractivity contribution in [2.24, 2.45) is 5.92 Å². The fourth-order valence-corrected chi connectivity index (χ4v) is 2.83. The third-order valence-electron chi connectivity index (χ3n) is 4.25. The summed E-state index contributed by atoms with van der Waals surface area (Å²) in [6.45, 7) is 5.22. The van der Waals surface area contributed by atoms with E-state index in [0.29, 0.717) is 19.2 Å². The van der Waals surface area contributed by atoms with Crippen LogP contribution in [0.5, 0.6) is 5.75 Å². The highest BCUT2D eigenvalue weighted by Gasteiger charge is 2.21. The number of aliphatic hydroxyl groups is 1. The molecule has 1 unspecified atom stereocenters. The minimum absolute atomic E-state index is 0.341. The number of hydrogen-bond donors (Lipinski definition) is 2. The first-order chi connectivity index (χ1) is 9.65. The average molecular weight is 277 g/mol.